The fraction of sp³-hybridized carbons (Fsp3) is 0.484. The van der Waals surface area contributed by atoms with Gasteiger partial charge in [-0.15, -0.1) is 0 Å². The van der Waals surface area contributed by atoms with Gasteiger partial charge in [-0.1, -0.05) is 55.3 Å². The van der Waals surface area contributed by atoms with Crippen LogP contribution in [0.25, 0.3) is 0 Å². The number of nitrogens with two attached hydrogens (primary N) is 1. The molecule has 0 saturated heterocycles. The lowest BCUT2D eigenvalue weighted by Gasteiger charge is -2.35. The second kappa shape index (κ2) is 14.5. The number of para-hydroxylation sites is 1. The van der Waals surface area contributed by atoms with Gasteiger partial charge in [0.15, 0.2) is 0 Å². The van der Waals surface area contributed by atoms with Gasteiger partial charge in [0.1, 0.15) is 17.7 Å². The van der Waals surface area contributed by atoms with E-state index in [9.17, 15) is 19.2 Å². The predicted octanol–water partition coefficient (Wildman–Crippen LogP) is 5.08. The van der Waals surface area contributed by atoms with Gasteiger partial charge in [-0.25, -0.2) is 4.79 Å². The molecule has 4 N–H and O–H groups in total. The second-order valence-corrected chi connectivity index (χ2v) is 11.2. The SMILES string of the molecule is CCCCN(C(=O)C(CCC(N)=O)NC(=O)OC(C)(C)C)C(C(=O)Nc1ccccc1C)c1ccc(C)cc1C. The lowest BCUT2D eigenvalue weighted by atomic mass is 9.95. The number of nitrogens with zero attached hydrogens (tertiary/aromatic N) is 1. The Bertz CT molecular complexity index is 1200. The van der Waals surface area contributed by atoms with E-state index >= 15 is 0 Å². The molecule has 9 heteroatoms. The van der Waals surface area contributed by atoms with E-state index in [0.717, 1.165) is 23.1 Å². The lowest BCUT2D eigenvalue weighted by molar-refractivity contribution is -0.141. The number of primary amides is 1. The number of hydrogen-bond acceptors (Lipinski definition) is 5. The van der Waals surface area contributed by atoms with E-state index in [2.05, 4.69) is 10.6 Å². The van der Waals surface area contributed by atoms with Crippen LogP contribution in [0.15, 0.2) is 42.5 Å². The molecule has 2 atom stereocenters. The molecule has 0 aromatic heterocycles. The van der Waals surface area contributed by atoms with E-state index < -0.39 is 35.6 Å². The number of amides is 4. The highest BCUT2D eigenvalue weighted by atomic mass is 16.6. The first kappa shape index (κ1) is 32.3. The first-order valence-corrected chi connectivity index (χ1v) is 13.8. The molecule has 0 radical (unpaired) electrons. The van der Waals surface area contributed by atoms with Crippen molar-refractivity contribution in [2.24, 2.45) is 5.73 Å². The number of alkyl carbamates (subject to hydrolysis) is 1. The summed E-state index contributed by atoms with van der Waals surface area (Å²) in [5.41, 5.74) is 8.67. The minimum Gasteiger partial charge on any atom is -0.444 e. The molecule has 0 spiro atoms. The third-order valence-electron chi connectivity index (χ3n) is 6.39. The summed E-state index contributed by atoms with van der Waals surface area (Å²) in [6.45, 7) is 13.2. The number of anilines is 1. The molecule has 4 amide bonds. The van der Waals surface area contributed by atoms with E-state index in [1.807, 2.05) is 70.2 Å². The molecule has 0 aliphatic carbocycles. The van der Waals surface area contributed by atoms with Crippen molar-refractivity contribution in [2.45, 2.75) is 91.8 Å². The van der Waals surface area contributed by atoms with Gasteiger partial charge in [0, 0.05) is 18.7 Å². The van der Waals surface area contributed by atoms with Crippen molar-refractivity contribution < 1.29 is 23.9 Å². The Balaban J connectivity index is 2.59. The molecule has 0 heterocycles. The Morgan fingerprint density at radius 3 is 2.25 bits per heavy atom. The minimum atomic E-state index is -1.13. The minimum absolute atomic E-state index is 0.0327. The standard InChI is InChI=1S/C31H44N4O5/c1-8-9-18-35(29(38)25(16-17-26(32)36)34-30(39)40-31(5,6)7)27(23-15-14-20(2)19-22(23)4)28(37)33-24-13-11-10-12-21(24)3/h10-15,19,25,27H,8-9,16-18H2,1-7H3,(H2,32,36)(H,33,37)(H,34,39). The van der Waals surface area contributed by atoms with Crippen molar-refractivity contribution in [1.29, 1.82) is 0 Å². The lowest BCUT2D eigenvalue weighted by Crippen LogP contribution is -2.53. The fourth-order valence-electron chi connectivity index (χ4n) is 4.39. The van der Waals surface area contributed by atoms with Crippen LogP contribution in [-0.2, 0) is 19.1 Å². The van der Waals surface area contributed by atoms with E-state index in [1.54, 1.807) is 20.8 Å². The van der Waals surface area contributed by atoms with Gasteiger partial charge in [0.25, 0.3) is 5.91 Å². The summed E-state index contributed by atoms with van der Waals surface area (Å²) >= 11 is 0. The summed E-state index contributed by atoms with van der Waals surface area (Å²) in [5.74, 6) is -1.48. The number of carbonyl (C=O) groups excluding carboxylic acids is 4. The summed E-state index contributed by atoms with van der Waals surface area (Å²) < 4.78 is 5.39. The zero-order valence-electron chi connectivity index (χ0n) is 24.8. The maximum absolute atomic E-state index is 14.2. The maximum Gasteiger partial charge on any atom is 0.408 e. The fourth-order valence-corrected chi connectivity index (χ4v) is 4.39. The van der Waals surface area contributed by atoms with Gasteiger partial charge in [-0.05, 0) is 77.1 Å². The number of carbonyl (C=O) groups is 4. The van der Waals surface area contributed by atoms with Crippen molar-refractivity contribution in [3.8, 4) is 0 Å². The number of aryl methyl sites for hydroxylation is 3. The Morgan fingerprint density at radius 1 is 1.00 bits per heavy atom. The molecule has 9 nitrogen and oxygen atoms in total. The Morgan fingerprint density at radius 2 is 1.68 bits per heavy atom. The molecule has 2 aromatic rings. The second-order valence-electron chi connectivity index (χ2n) is 11.2. The van der Waals surface area contributed by atoms with Crippen molar-refractivity contribution >= 4 is 29.5 Å². The Labute approximate surface area is 237 Å². The highest BCUT2D eigenvalue weighted by molar-refractivity contribution is 5.99. The van der Waals surface area contributed by atoms with Crippen LogP contribution in [0.4, 0.5) is 10.5 Å². The van der Waals surface area contributed by atoms with Crippen LogP contribution in [-0.4, -0.2) is 46.9 Å². The van der Waals surface area contributed by atoms with Crippen LogP contribution in [0.2, 0.25) is 0 Å². The summed E-state index contributed by atoms with van der Waals surface area (Å²) in [4.78, 5) is 54.1. The van der Waals surface area contributed by atoms with E-state index in [1.165, 1.54) is 4.90 Å². The number of ether oxygens (including phenoxy) is 1. The largest absolute Gasteiger partial charge is 0.444 e. The van der Waals surface area contributed by atoms with Gasteiger partial charge >= 0.3 is 6.09 Å². The van der Waals surface area contributed by atoms with Gasteiger partial charge < -0.3 is 26.0 Å². The van der Waals surface area contributed by atoms with Crippen LogP contribution in [0.3, 0.4) is 0 Å². The molecule has 40 heavy (non-hydrogen) atoms. The van der Waals surface area contributed by atoms with Crippen molar-refractivity contribution in [1.82, 2.24) is 10.2 Å². The predicted molar refractivity (Wildman–Crippen MR) is 157 cm³/mol. The number of nitrogens with one attached hydrogen (secondary N) is 2. The number of benzene rings is 2. The quantitative estimate of drug-likeness (QED) is 0.338. The van der Waals surface area contributed by atoms with Crippen LogP contribution in [0.1, 0.15) is 81.7 Å². The molecule has 2 unspecified atom stereocenters. The zero-order valence-corrected chi connectivity index (χ0v) is 24.8. The van der Waals surface area contributed by atoms with E-state index in [0.29, 0.717) is 17.7 Å². The van der Waals surface area contributed by atoms with Crippen molar-refractivity contribution in [3.63, 3.8) is 0 Å². The van der Waals surface area contributed by atoms with Gasteiger partial charge in [0.2, 0.25) is 11.8 Å². The molecular formula is C31H44N4O5. The average molecular weight is 553 g/mol. The highest BCUT2D eigenvalue weighted by Gasteiger charge is 2.37. The molecule has 0 saturated carbocycles. The summed E-state index contributed by atoms with van der Waals surface area (Å²) in [6, 6.07) is 11.0. The molecule has 2 rings (SSSR count). The maximum atomic E-state index is 14.2. The normalized spacial score (nSPS) is 12.7. The monoisotopic (exact) mass is 552 g/mol. The molecule has 0 aliphatic heterocycles. The molecule has 0 bridgehead atoms. The van der Waals surface area contributed by atoms with Crippen LogP contribution >= 0.6 is 0 Å². The van der Waals surface area contributed by atoms with Crippen LogP contribution in [0.5, 0.6) is 0 Å². The molecule has 0 fully saturated rings. The number of unbranched alkanes of at least 4 members (excludes halogenated alkanes) is 1. The van der Waals surface area contributed by atoms with Gasteiger partial charge in [0.05, 0.1) is 0 Å². The third-order valence-corrected chi connectivity index (χ3v) is 6.39. The molecule has 2 aromatic carbocycles. The molecule has 0 aliphatic rings. The first-order chi connectivity index (χ1) is 18.7. The van der Waals surface area contributed by atoms with Crippen LogP contribution < -0.4 is 16.4 Å². The van der Waals surface area contributed by atoms with E-state index in [4.69, 9.17) is 10.5 Å². The van der Waals surface area contributed by atoms with E-state index in [-0.39, 0.29) is 25.3 Å². The summed E-state index contributed by atoms with van der Waals surface area (Å²) in [5, 5.41) is 5.63. The number of rotatable bonds is 12. The smallest absolute Gasteiger partial charge is 0.408 e. The Kier molecular flexibility index (Phi) is 11.7. The molecular weight excluding hydrogens is 508 g/mol. The van der Waals surface area contributed by atoms with Crippen molar-refractivity contribution in [3.05, 3.63) is 64.7 Å². The highest BCUT2D eigenvalue weighted by Crippen LogP contribution is 2.29. The summed E-state index contributed by atoms with van der Waals surface area (Å²) in [7, 11) is 0. The topological polar surface area (TPSA) is 131 Å². The Hall–Kier alpha value is -3.88. The van der Waals surface area contributed by atoms with Gasteiger partial charge in [-0.2, -0.15) is 0 Å². The van der Waals surface area contributed by atoms with Gasteiger partial charge in [-0.3, -0.25) is 14.4 Å². The van der Waals surface area contributed by atoms with Crippen LogP contribution in [0, 0.1) is 20.8 Å². The third kappa shape index (κ3) is 9.70. The zero-order chi connectivity index (χ0) is 30.0. The summed E-state index contributed by atoms with van der Waals surface area (Å²) in [6.07, 6.45) is 0.443. The molecule has 218 valence electrons. The van der Waals surface area contributed by atoms with Crippen molar-refractivity contribution in [2.75, 3.05) is 11.9 Å². The first-order valence-electron chi connectivity index (χ1n) is 13.8. The average Bonchev–Trinajstić information content (AvgIpc) is 2.84. The number of hydrogen-bond donors (Lipinski definition) is 3.